The van der Waals surface area contributed by atoms with Crippen molar-refractivity contribution in [1.82, 2.24) is 9.55 Å². The molecule has 1 fully saturated rings. The van der Waals surface area contributed by atoms with Crippen LogP contribution in [0.5, 0.6) is 0 Å². The maximum absolute atomic E-state index is 9.01. The zero-order chi connectivity index (χ0) is 13.8. The largest absolute Gasteiger partial charge is 0.322 e. The zero-order valence-corrected chi connectivity index (χ0v) is 11.9. The van der Waals surface area contributed by atoms with E-state index in [1.54, 1.807) is 0 Å². The van der Waals surface area contributed by atoms with Crippen molar-refractivity contribution in [2.75, 3.05) is 0 Å². The van der Waals surface area contributed by atoms with Gasteiger partial charge in [0.25, 0.3) is 0 Å². The summed E-state index contributed by atoms with van der Waals surface area (Å²) in [5, 5.41) is 9.01. The smallest absolute Gasteiger partial charge is 0.113 e. The number of hydrogen-bond donors (Lipinski definition) is 0. The van der Waals surface area contributed by atoms with Crippen LogP contribution in [-0.4, -0.2) is 9.55 Å². The molecule has 1 aromatic heterocycles. The molecule has 3 heteroatoms. The van der Waals surface area contributed by atoms with Crippen molar-refractivity contribution in [2.45, 2.75) is 45.6 Å². The van der Waals surface area contributed by atoms with Crippen LogP contribution in [0, 0.1) is 17.2 Å². The first-order chi connectivity index (χ1) is 8.91. The second-order valence-electron chi connectivity index (χ2n) is 6.61. The van der Waals surface area contributed by atoms with E-state index in [1.165, 1.54) is 12.2 Å². The minimum atomic E-state index is 0.0144. The molecule has 0 N–H and O–H groups in total. The van der Waals surface area contributed by atoms with Crippen molar-refractivity contribution in [3.63, 3.8) is 0 Å². The summed E-state index contributed by atoms with van der Waals surface area (Å²) in [7, 11) is 0. The molecule has 1 aliphatic carbocycles. The lowest BCUT2D eigenvalue weighted by atomic mass is 10.1. The van der Waals surface area contributed by atoms with Gasteiger partial charge in [-0.1, -0.05) is 6.92 Å². The van der Waals surface area contributed by atoms with Gasteiger partial charge in [0.15, 0.2) is 0 Å². The minimum Gasteiger partial charge on any atom is -0.322 e. The molecule has 0 amide bonds. The van der Waals surface area contributed by atoms with E-state index in [1.807, 2.05) is 18.2 Å². The van der Waals surface area contributed by atoms with E-state index < -0.39 is 0 Å². The Morgan fingerprint density at radius 2 is 2.05 bits per heavy atom. The molecule has 3 nitrogen and oxygen atoms in total. The number of benzene rings is 1. The van der Waals surface area contributed by atoms with Gasteiger partial charge in [0.2, 0.25) is 0 Å². The molecule has 1 heterocycles. The molecule has 1 aromatic carbocycles. The predicted molar refractivity (Wildman–Crippen MR) is 76.0 cm³/mol. The number of nitriles is 1. The summed E-state index contributed by atoms with van der Waals surface area (Å²) < 4.78 is 2.34. The Morgan fingerprint density at radius 1 is 1.37 bits per heavy atom. The SMILES string of the molecule is CC1CC1c1nc2cc(C#N)ccc2n1C(C)(C)C. The predicted octanol–water partition coefficient (Wildman–Crippen LogP) is 3.79. The lowest BCUT2D eigenvalue weighted by Gasteiger charge is -2.24. The average Bonchev–Trinajstić information content (AvgIpc) is 2.93. The van der Waals surface area contributed by atoms with Gasteiger partial charge in [-0.25, -0.2) is 4.98 Å². The Hall–Kier alpha value is -1.82. The lowest BCUT2D eigenvalue weighted by molar-refractivity contribution is 0.393. The number of aromatic nitrogens is 2. The van der Waals surface area contributed by atoms with Crippen molar-refractivity contribution < 1.29 is 0 Å². The standard InChI is InChI=1S/C16H19N3/c1-10-7-12(10)15-18-13-8-11(9-17)5-6-14(13)19(15)16(2,3)4/h5-6,8,10,12H,7H2,1-4H3. The minimum absolute atomic E-state index is 0.0144. The van der Waals surface area contributed by atoms with Crippen LogP contribution in [0.4, 0.5) is 0 Å². The summed E-state index contributed by atoms with van der Waals surface area (Å²) in [5.41, 5.74) is 2.78. The fourth-order valence-electron chi connectivity index (χ4n) is 2.80. The van der Waals surface area contributed by atoms with Crippen molar-refractivity contribution in [1.29, 1.82) is 5.26 Å². The summed E-state index contributed by atoms with van der Waals surface area (Å²) in [4.78, 5) is 4.81. The van der Waals surface area contributed by atoms with Crippen molar-refractivity contribution in [3.05, 3.63) is 29.6 Å². The molecule has 98 valence electrons. The van der Waals surface area contributed by atoms with E-state index in [0.717, 1.165) is 17.0 Å². The number of nitrogens with zero attached hydrogens (tertiary/aromatic N) is 3. The second-order valence-corrected chi connectivity index (χ2v) is 6.61. The topological polar surface area (TPSA) is 41.6 Å². The highest BCUT2D eigenvalue weighted by molar-refractivity contribution is 5.78. The Labute approximate surface area is 113 Å². The first kappa shape index (κ1) is 12.2. The van der Waals surface area contributed by atoms with Gasteiger partial charge in [0, 0.05) is 11.5 Å². The van der Waals surface area contributed by atoms with Crippen LogP contribution in [0.2, 0.25) is 0 Å². The Balaban J connectivity index is 2.27. The molecule has 0 saturated heterocycles. The maximum Gasteiger partial charge on any atom is 0.113 e. The summed E-state index contributed by atoms with van der Waals surface area (Å²) in [6, 6.07) is 8.00. The molecular weight excluding hydrogens is 234 g/mol. The lowest BCUT2D eigenvalue weighted by Crippen LogP contribution is -2.23. The van der Waals surface area contributed by atoms with E-state index in [-0.39, 0.29) is 5.54 Å². The Morgan fingerprint density at radius 3 is 2.58 bits per heavy atom. The maximum atomic E-state index is 9.01. The molecule has 1 saturated carbocycles. The fourth-order valence-corrected chi connectivity index (χ4v) is 2.80. The van der Waals surface area contributed by atoms with E-state index in [9.17, 15) is 0 Å². The van der Waals surface area contributed by atoms with Crippen LogP contribution in [-0.2, 0) is 5.54 Å². The van der Waals surface area contributed by atoms with Crippen molar-refractivity contribution in [2.24, 2.45) is 5.92 Å². The third-order valence-electron chi connectivity index (χ3n) is 3.92. The monoisotopic (exact) mass is 253 g/mol. The summed E-state index contributed by atoms with van der Waals surface area (Å²) in [5.74, 6) is 2.50. The number of hydrogen-bond acceptors (Lipinski definition) is 2. The van der Waals surface area contributed by atoms with Crippen LogP contribution < -0.4 is 0 Å². The van der Waals surface area contributed by atoms with Crippen molar-refractivity contribution >= 4 is 11.0 Å². The third kappa shape index (κ3) is 1.92. The van der Waals surface area contributed by atoms with Gasteiger partial charge < -0.3 is 4.57 Å². The van der Waals surface area contributed by atoms with E-state index in [2.05, 4.69) is 38.3 Å². The molecule has 0 radical (unpaired) electrons. The molecule has 0 spiro atoms. The summed E-state index contributed by atoms with van der Waals surface area (Å²) >= 11 is 0. The Bertz CT molecular complexity index is 682. The van der Waals surface area contributed by atoms with Crippen LogP contribution in [0.15, 0.2) is 18.2 Å². The second kappa shape index (κ2) is 3.84. The molecule has 2 aromatic rings. The molecule has 0 bridgehead atoms. The van der Waals surface area contributed by atoms with Crippen LogP contribution in [0.25, 0.3) is 11.0 Å². The van der Waals surface area contributed by atoms with E-state index in [0.29, 0.717) is 11.5 Å². The normalized spacial score (nSPS) is 22.5. The Kier molecular flexibility index (Phi) is 2.47. The molecular formula is C16H19N3. The zero-order valence-electron chi connectivity index (χ0n) is 11.9. The average molecular weight is 253 g/mol. The molecule has 2 atom stereocenters. The molecule has 19 heavy (non-hydrogen) atoms. The highest BCUT2D eigenvalue weighted by Crippen LogP contribution is 2.48. The number of imidazole rings is 1. The van der Waals surface area contributed by atoms with Gasteiger partial charge in [-0.3, -0.25) is 0 Å². The van der Waals surface area contributed by atoms with Gasteiger partial charge in [-0.05, 0) is 51.3 Å². The van der Waals surface area contributed by atoms with Gasteiger partial charge >= 0.3 is 0 Å². The number of rotatable bonds is 1. The first-order valence-electron chi connectivity index (χ1n) is 6.85. The third-order valence-corrected chi connectivity index (χ3v) is 3.92. The highest BCUT2D eigenvalue weighted by atomic mass is 15.1. The van der Waals surface area contributed by atoms with Gasteiger partial charge in [0.05, 0.1) is 22.7 Å². The van der Waals surface area contributed by atoms with Gasteiger partial charge in [-0.2, -0.15) is 5.26 Å². The van der Waals surface area contributed by atoms with E-state index >= 15 is 0 Å². The quantitative estimate of drug-likeness (QED) is 0.776. The molecule has 2 unspecified atom stereocenters. The first-order valence-corrected chi connectivity index (χ1v) is 6.85. The van der Waals surface area contributed by atoms with E-state index in [4.69, 9.17) is 10.2 Å². The van der Waals surface area contributed by atoms with Gasteiger partial charge in [-0.15, -0.1) is 0 Å². The van der Waals surface area contributed by atoms with Crippen LogP contribution >= 0.6 is 0 Å². The van der Waals surface area contributed by atoms with Crippen LogP contribution in [0.3, 0.4) is 0 Å². The number of fused-ring (bicyclic) bond motifs is 1. The molecule has 1 aliphatic rings. The highest BCUT2D eigenvalue weighted by Gasteiger charge is 2.39. The van der Waals surface area contributed by atoms with Crippen LogP contribution in [0.1, 0.15) is 51.4 Å². The van der Waals surface area contributed by atoms with Crippen molar-refractivity contribution in [3.8, 4) is 6.07 Å². The molecule has 0 aliphatic heterocycles. The summed E-state index contributed by atoms with van der Waals surface area (Å²) in [6.45, 7) is 8.91. The fraction of sp³-hybridized carbons (Fsp3) is 0.500. The van der Waals surface area contributed by atoms with Gasteiger partial charge in [0.1, 0.15) is 5.82 Å². The molecule has 3 rings (SSSR count). The summed E-state index contributed by atoms with van der Waals surface area (Å²) in [6.07, 6.45) is 1.23.